The van der Waals surface area contributed by atoms with Gasteiger partial charge < -0.3 is 14.2 Å². The molecule has 0 radical (unpaired) electrons. The molecule has 5 rings (SSSR count). The number of hydrazone groups is 1. The Kier molecular flexibility index (Phi) is 6.21. The number of imidazole rings is 1. The van der Waals surface area contributed by atoms with Crippen LogP contribution in [0.2, 0.25) is 0 Å². The number of morpholine rings is 1. The van der Waals surface area contributed by atoms with Crippen LogP contribution in [-0.2, 0) is 11.3 Å². The van der Waals surface area contributed by atoms with Gasteiger partial charge in [0.2, 0.25) is 11.7 Å². The molecule has 10 heteroatoms. The van der Waals surface area contributed by atoms with E-state index < -0.39 is 0 Å². The molecule has 0 aliphatic carbocycles. The minimum atomic E-state index is -0.127. The van der Waals surface area contributed by atoms with Gasteiger partial charge in [-0.3, -0.25) is 15.2 Å². The van der Waals surface area contributed by atoms with Crippen molar-refractivity contribution < 1.29 is 9.53 Å². The highest BCUT2D eigenvalue weighted by Gasteiger charge is 2.20. The number of Topliss-reactive ketones (excluding diaryl/α,β-unsaturated/α-hetero) is 1. The van der Waals surface area contributed by atoms with Gasteiger partial charge in [-0.15, -0.1) is 0 Å². The minimum absolute atomic E-state index is 0.0686. The molecule has 1 aromatic carbocycles. The topological polar surface area (TPSA) is 110 Å². The van der Waals surface area contributed by atoms with Crippen molar-refractivity contribution >= 4 is 34.9 Å². The van der Waals surface area contributed by atoms with Gasteiger partial charge >= 0.3 is 0 Å². The van der Waals surface area contributed by atoms with E-state index in [-0.39, 0.29) is 12.3 Å². The zero-order valence-corrected chi connectivity index (χ0v) is 18.8. The standard InChI is InChI=1S/C24H24N8O2/c1-17-5-7-18(8-6-17)14-27-30-22-21-23(29-24(28-22)31-10-12-34-13-11-31)32(16-26-21)15-20(33)19-4-2-3-9-25-19/h2-9,14,16H,10-13,15H2,1H3,(H,28,29,30)/b27-14+. The number of ketones is 1. The summed E-state index contributed by atoms with van der Waals surface area (Å²) in [7, 11) is 0. The first-order chi connectivity index (χ1) is 16.7. The summed E-state index contributed by atoms with van der Waals surface area (Å²) in [5, 5.41) is 4.36. The van der Waals surface area contributed by atoms with Crippen LogP contribution >= 0.6 is 0 Å². The highest BCUT2D eigenvalue weighted by molar-refractivity contribution is 5.95. The van der Waals surface area contributed by atoms with Crippen LogP contribution < -0.4 is 10.3 Å². The lowest BCUT2D eigenvalue weighted by molar-refractivity contribution is 0.0968. The maximum atomic E-state index is 12.8. The molecule has 0 amide bonds. The fraction of sp³-hybridized carbons (Fsp3) is 0.250. The number of ether oxygens (including phenoxy) is 1. The lowest BCUT2D eigenvalue weighted by Gasteiger charge is -2.27. The zero-order chi connectivity index (χ0) is 23.3. The van der Waals surface area contributed by atoms with E-state index in [1.54, 1.807) is 41.5 Å². The molecule has 1 fully saturated rings. The summed E-state index contributed by atoms with van der Waals surface area (Å²) < 4.78 is 7.18. The molecule has 0 spiro atoms. The SMILES string of the molecule is Cc1ccc(/C=N/Nc2nc(N3CCOCC3)nc3c2ncn3CC(=O)c2ccccn2)cc1. The summed E-state index contributed by atoms with van der Waals surface area (Å²) in [4.78, 5) is 32.9. The molecule has 4 heterocycles. The molecule has 0 saturated carbocycles. The van der Waals surface area contributed by atoms with E-state index >= 15 is 0 Å². The van der Waals surface area contributed by atoms with Crippen molar-refractivity contribution in [2.24, 2.45) is 5.10 Å². The normalized spacial score (nSPS) is 14.1. The number of carbonyl (C=O) groups excluding carboxylic acids is 1. The van der Waals surface area contributed by atoms with Crippen molar-refractivity contribution in [3.05, 3.63) is 71.8 Å². The van der Waals surface area contributed by atoms with Crippen molar-refractivity contribution in [1.82, 2.24) is 24.5 Å². The predicted molar refractivity (Wildman–Crippen MR) is 129 cm³/mol. The number of fused-ring (bicyclic) bond motifs is 1. The second-order valence-corrected chi connectivity index (χ2v) is 7.94. The number of hydrogen-bond donors (Lipinski definition) is 1. The molecule has 172 valence electrons. The van der Waals surface area contributed by atoms with Crippen LogP contribution in [0.4, 0.5) is 11.8 Å². The lowest BCUT2D eigenvalue weighted by Crippen LogP contribution is -2.37. The van der Waals surface area contributed by atoms with E-state index in [1.807, 2.05) is 31.2 Å². The quantitative estimate of drug-likeness (QED) is 0.257. The number of aromatic nitrogens is 5. The Bertz CT molecular complexity index is 1310. The lowest BCUT2D eigenvalue weighted by atomic mass is 10.2. The second kappa shape index (κ2) is 9.75. The Morgan fingerprint density at radius 1 is 1.12 bits per heavy atom. The van der Waals surface area contributed by atoms with E-state index in [2.05, 4.69) is 30.4 Å². The molecule has 1 N–H and O–H groups in total. The van der Waals surface area contributed by atoms with Crippen LogP contribution in [0.5, 0.6) is 0 Å². The molecule has 0 unspecified atom stereocenters. The maximum absolute atomic E-state index is 12.8. The zero-order valence-electron chi connectivity index (χ0n) is 18.8. The summed E-state index contributed by atoms with van der Waals surface area (Å²) >= 11 is 0. The Labute approximate surface area is 196 Å². The van der Waals surface area contributed by atoms with Crippen molar-refractivity contribution in [1.29, 1.82) is 0 Å². The number of nitrogens with one attached hydrogen (secondary N) is 1. The van der Waals surface area contributed by atoms with Crippen LogP contribution in [0.3, 0.4) is 0 Å². The smallest absolute Gasteiger partial charge is 0.229 e. The molecule has 0 bridgehead atoms. The van der Waals surface area contributed by atoms with Gasteiger partial charge in [0.15, 0.2) is 17.0 Å². The first kappa shape index (κ1) is 21.7. The van der Waals surface area contributed by atoms with Crippen LogP contribution in [0, 0.1) is 6.92 Å². The van der Waals surface area contributed by atoms with E-state index in [1.165, 1.54) is 5.56 Å². The highest BCUT2D eigenvalue weighted by Crippen LogP contribution is 2.23. The molecular formula is C24H24N8O2. The molecular weight excluding hydrogens is 432 g/mol. The van der Waals surface area contributed by atoms with Gasteiger partial charge in [-0.25, -0.2) is 4.98 Å². The summed E-state index contributed by atoms with van der Waals surface area (Å²) in [5.74, 6) is 0.882. The Morgan fingerprint density at radius 3 is 2.71 bits per heavy atom. The maximum Gasteiger partial charge on any atom is 0.229 e. The number of hydrogen-bond acceptors (Lipinski definition) is 9. The van der Waals surface area contributed by atoms with Crippen molar-refractivity contribution in [2.45, 2.75) is 13.5 Å². The molecule has 4 aromatic rings. The predicted octanol–water partition coefficient (Wildman–Crippen LogP) is 2.70. The van der Waals surface area contributed by atoms with Crippen molar-refractivity contribution in [2.75, 3.05) is 36.6 Å². The molecule has 34 heavy (non-hydrogen) atoms. The van der Waals surface area contributed by atoms with Gasteiger partial charge in [-0.05, 0) is 24.6 Å². The molecule has 10 nitrogen and oxygen atoms in total. The number of rotatable bonds is 7. The van der Waals surface area contributed by atoms with Gasteiger partial charge in [0.25, 0.3) is 0 Å². The average Bonchev–Trinajstić information content (AvgIpc) is 3.29. The molecule has 1 saturated heterocycles. The average molecular weight is 457 g/mol. The molecule has 1 aliphatic heterocycles. The molecule has 1 aliphatic rings. The highest BCUT2D eigenvalue weighted by atomic mass is 16.5. The Balaban J connectivity index is 1.47. The number of nitrogens with zero attached hydrogens (tertiary/aromatic N) is 7. The summed E-state index contributed by atoms with van der Waals surface area (Å²) in [6, 6.07) is 13.3. The monoisotopic (exact) mass is 456 g/mol. The third-order valence-electron chi connectivity index (χ3n) is 5.47. The van der Waals surface area contributed by atoms with Crippen molar-refractivity contribution in [3.63, 3.8) is 0 Å². The third-order valence-corrected chi connectivity index (χ3v) is 5.47. The van der Waals surface area contributed by atoms with Gasteiger partial charge in [0.1, 0.15) is 5.69 Å². The number of aryl methyl sites for hydroxylation is 1. The van der Waals surface area contributed by atoms with Gasteiger partial charge in [0, 0.05) is 19.3 Å². The van der Waals surface area contributed by atoms with Gasteiger partial charge in [0.05, 0.1) is 32.3 Å². The van der Waals surface area contributed by atoms with E-state index in [0.717, 1.165) is 5.56 Å². The molecule has 0 atom stereocenters. The summed E-state index contributed by atoms with van der Waals surface area (Å²) in [6.07, 6.45) is 4.92. The Hall–Kier alpha value is -4.18. The van der Waals surface area contributed by atoms with Crippen LogP contribution in [0.15, 0.2) is 60.1 Å². The fourth-order valence-corrected chi connectivity index (χ4v) is 3.62. The van der Waals surface area contributed by atoms with Gasteiger partial charge in [-0.2, -0.15) is 15.1 Å². The number of anilines is 2. The van der Waals surface area contributed by atoms with E-state index in [0.29, 0.717) is 54.9 Å². The first-order valence-corrected chi connectivity index (χ1v) is 11.0. The van der Waals surface area contributed by atoms with E-state index in [4.69, 9.17) is 9.72 Å². The third kappa shape index (κ3) is 4.76. The number of carbonyl (C=O) groups is 1. The van der Waals surface area contributed by atoms with Crippen LogP contribution in [-0.4, -0.2) is 62.8 Å². The van der Waals surface area contributed by atoms with Gasteiger partial charge in [-0.1, -0.05) is 35.9 Å². The summed E-state index contributed by atoms with van der Waals surface area (Å²) in [6.45, 7) is 4.68. The Morgan fingerprint density at radius 2 is 1.94 bits per heavy atom. The van der Waals surface area contributed by atoms with E-state index in [9.17, 15) is 4.79 Å². The minimum Gasteiger partial charge on any atom is -0.378 e. The second-order valence-electron chi connectivity index (χ2n) is 7.94. The van der Waals surface area contributed by atoms with Crippen LogP contribution in [0.25, 0.3) is 11.2 Å². The largest absolute Gasteiger partial charge is 0.378 e. The van der Waals surface area contributed by atoms with Crippen LogP contribution in [0.1, 0.15) is 21.6 Å². The fourth-order valence-electron chi connectivity index (χ4n) is 3.62. The first-order valence-electron chi connectivity index (χ1n) is 11.0. The van der Waals surface area contributed by atoms with Crippen molar-refractivity contribution in [3.8, 4) is 0 Å². The number of benzene rings is 1. The number of pyridine rings is 1. The summed E-state index contributed by atoms with van der Waals surface area (Å²) in [5.41, 5.74) is 6.64. The molecule has 3 aromatic heterocycles.